The molecule has 1 aliphatic carbocycles. The molecule has 1 atom stereocenters. The van der Waals surface area contributed by atoms with Gasteiger partial charge in [-0.15, -0.1) is 0 Å². The van der Waals surface area contributed by atoms with Gasteiger partial charge in [-0.2, -0.15) is 0 Å². The number of rotatable bonds is 2. The van der Waals surface area contributed by atoms with Crippen LogP contribution in [0, 0.1) is 5.41 Å². The Bertz CT molecular complexity index is 600. The van der Waals surface area contributed by atoms with Gasteiger partial charge in [-0.25, -0.2) is 0 Å². The zero-order chi connectivity index (χ0) is 13.5. The maximum atomic E-state index is 11.0. The fraction of sp³-hybridized carbons (Fsp3) is 0.471. The molecular formula is C17H21NO. The summed E-state index contributed by atoms with van der Waals surface area (Å²) < 4.78 is 0. The van der Waals surface area contributed by atoms with Gasteiger partial charge in [0, 0.05) is 18.0 Å². The summed E-state index contributed by atoms with van der Waals surface area (Å²) in [6.07, 6.45) is 5.70. The van der Waals surface area contributed by atoms with Gasteiger partial charge in [0.25, 0.3) is 0 Å². The van der Waals surface area contributed by atoms with Crippen LogP contribution < -0.4 is 0 Å². The number of pyridine rings is 1. The Balaban J connectivity index is 2.02. The van der Waals surface area contributed by atoms with Crippen LogP contribution in [0.2, 0.25) is 0 Å². The summed E-state index contributed by atoms with van der Waals surface area (Å²) in [7, 11) is 0. The van der Waals surface area contributed by atoms with Crippen molar-refractivity contribution in [3.63, 3.8) is 0 Å². The van der Waals surface area contributed by atoms with Crippen LogP contribution in [0.4, 0.5) is 0 Å². The predicted molar refractivity (Wildman–Crippen MR) is 78.0 cm³/mol. The molecule has 2 heteroatoms. The van der Waals surface area contributed by atoms with Crippen molar-refractivity contribution in [2.24, 2.45) is 5.41 Å². The van der Waals surface area contributed by atoms with Crippen molar-refractivity contribution in [2.75, 3.05) is 0 Å². The molecule has 1 heterocycles. The molecule has 0 spiro atoms. The van der Waals surface area contributed by atoms with Gasteiger partial charge in [0.15, 0.2) is 0 Å². The lowest BCUT2D eigenvalue weighted by atomic mass is 9.74. The van der Waals surface area contributed by atoms with Crippen molar-refractivity contribution in [1.82, 2.24) is 4.98 Å². The number of hydrogen-bond acceptors (Lipinski definition) is 2. The predicted octanol–water partition coefficient (Wildman–Crippen LogP) is 3.72. The van der Waals surface area contributed by atoms with E-state index in [2.05, 4.69) is 31.0 Å². The molecule has 0 aliphatic heterocycles. The van der Waals surface area contributed by atoms with E-state index in [4.69, 9.17) is 0 Å². The van der Waals surface area contributed by atoms with Crippen molar-refractivity contribution in [3.8, 4) is 0 Å². The third-order valence-corrected chi connectivity index (χ3v) is 4.87. The number of fused-ring (bicyclic) bond motifs is 1. The van der Waals surface area contributed by atoms with E-state index in [0.29, 0.717) is 0 Å². The lowest BCUT2D eigenvalue weighted by Crippen LogP contribution is -2.41. The summed E-state index contributed by atoms with van der Waals surface area (Å²) >= 11 is 0. The topological polar surface area (TPSA) is 33.1 Å². The Labute approximate surface area is 114 Å². The molecule has 1 unspecified atom stereocenters. The third-order valence-electron chi connectivity index (χ3n) is 4.87. The molecule has 100 valence electrons. The van der Waals surface area contributed by atoms with E-state index in [9.17, 15) is 5.11 Å². The maximum absolute atomic E-state index is 11.0. The van der Waals surface area contributed by atoms with E-state index in [1.807, 2.05) is 24.4 Å². The molecule has 2 aromatic rings. The SMILES string of the molecule is CC1(C)CCCC1(O)Cc1ccnc2ccccc12. The van der Waals surface area contributed by atoms with Gasteiger partial charge in [0.05, 0.1) is 11.1 Å². The quantitative estimate of drug-likeness (QED) is 0.887. The summed E-state index contributed by atoms with van der Waals surface area (Å²) in [5.74, 6) is 0. The van der Waals surface area contributed by atoms with Crippen molar-refractivity contribution in [2.45, 2.75) is 45.1 Å². The minimum atomic E-state index is -0.586. The molecule has 3 rings (SSSR count). The minimum Gasteiger partial charge on any atom is -0.389 e. The molecular weight excluding hydrogens is 234 g/mol. The highest BCUT2D eigenvalue weighted by Gasteiger charge is 2.47. The Morgan fingerprint density at radius 1 is 1.16 bits per heavy atom. The van der Waals surface area contributed by atoms with Crippen LogP contribution in [-0.4, -0.2) is 15.7 Å². The first kappa shape index (κ1) is 12.6. The first-order chi connectivity index (χ1) is 9.02. The van der Waals surface area contributed by atoms with Gasteiger partial charge in [-0.1, -0.05) is 32.0 Å². The standard InChI is InChI=1S/C17H21NO/c1-16(2)9-5-10-17(16,19)12-13-8-11-18-15-7-4-3-6-14(13)15/h3-4,6-8,11,19H,5,9-10,12H2,1-2H3. The van der Waals surface area contributed by atoms with E-state index < -0.39 is 5.60 Å². The van der Waals surface area contributed by atoms with Crippen LogP contribution in [-0.2, 0) is 6.42 Å². The number of para-hydroxylation sites is 1. The molecule has 0 bridgehead atoms. The lowest BCUT2D eigenvalue weighted by Gasteiger charge is -2.37. The average molecular weight is 255 g/mol. The van der Waals surface area contributed by atoms with Gasteiger partial charge in [0.1, 0.15) is 0 Å². The summed E-state index contributed by atoms with van der Waals surface area (Å²) in [4.78, 5) is 4.39. The second-order valence-corrected chi connectivity index (χ2v) is 6.43. The Kier molecular flexibility index (Phi) is 2.86. The van der Waals surface area contributed by atoms with Gasteiger partial charge < -0.3 is 5.11 Å². The summed E-state index contributed by atoms with van der Waals surface area (Å²) in [6, 6.07) is 10.2. The summed E-state index contributed by atoms with van der Waals surface area (Å²) in [5.41, 5.74) is 1.64. The van der Waals surface area contributed by atoms with Gasteiger partial charge >= 0.3 is 0 Å². The second kappa shape index (κ2) is 4.31. The average Bonchev–Trinajstić information content (AvgIpc) is 2.64. The van der Waals surface area contributed by atoms with E-state index >= 15 is 0 Å². The van der Waals surface area contributed by atoms with Crippen molar-refractivity contribution >= 4 is 10.9 Å². The molecule has 19 heavy (non-hydrogen) atoms. The molecule has 1 aliphatic rings. The normalized spacial score (nSPS) is 25.8. The highest BCUT2D eigenvalue weighted by Crippen LogP contribution is 2.47. The molecule has 1 aromatic carbocycles. The van der Waals surface area contributed by atoms with Crippen LogP contribution in [0.5, 0.6) is 0 Å². The molecule has 0 amide bonds. The zero-order valence-electron chi connectivity index (χ0n) is 11.7. The first-order valence-corrected chi connectivity index (χ1v) is 7.07. The summed E-state index contributed by atoms with van der Waals surface area (Å²) in [6.45, 7) is 4.37. The molecule has 1 saturated carbocycles. The van der Waals surface area contributed by atoms with Crippen molar-refractivity contribution in [3.05, 3.63) is 42.1 Å². The number of aromatic nitrogens is 1. The number of nitrogens with zero attached hydrogens (tertiary/aromatic N) is 1. The Morgan fingerprint density at radius 3 is 2.68 bits per heavy atom. The molecule has 1 fully saturated rings. The molecule has 1 N–H and O–H groups in total. The number of aliphatic hydroxyl groups is 1. The maximum Gasteiger partial charge on any atom is 0.0738 e. The lowest BCUT2D eigenvalue weighted by molar-refractivity contribution is -0.0417. The smallest absolute Gasteiger partial charge is 0.0738 e. The fourth-order valence-corrected chi connectivity index (χ4v) is 3.35. The van der Waals surface area contributed by atoms with Gasteiger partial charge in [-0.05, 0) is 42.4 Å². The molecule has 0 saturated heterocycles. The summed E-state index contributed by atoms with van der Waals surface area (Å²) in [5, 5.41) is 12.2. The highest BCUT2D eigenvalue weighted by atomic mass is 16.3. The fourth-order valence-electron chi connectivity index (χ4n) is 3.35. The van der Waals surface area contributed by atoms with E-state index in [0.717, 1.165) is 31.2 Å². The van der Waals surface area contributed by atoms with Gasteiger partial charge in [0.2, 0.25) is 0 Å². The Hall–Kier alpha value is -1.41. The number of benzene rings is 1. The van der Waals surface area contributed by atoms with Crippen LogP contribution in [0.15, 0.2) is 36.5 Å². The van der Waals surface area contributed by atoms with Crippen LogP contribution in [0.1, 0.15) is 38.7 Å². The van der Waals surface area contributed by atoms with Crippen LogP contribution >= 0.6 is 0 Å². The second-order valence-electron chi connectivity index (χ2n) is 6.43. The first-order valence-electron chi connectivity index (χ1n) is 7.07. The van der Waals surface area contributed by atoms with Crippen molar-refractivity contribution in [1.29, 1.82) is 0 Å². The minimum absolute atomic E-state index is 0.00261. The van der Waals surface area contributed by atoms with E-state index in [1.165, 1.54) is 10.9 Å². The highest BCUT2D eigenvalue weighted by molar-refractivity contribution is 5.81. The molecule has 2 nitrogen and oxygen atoms in total. The molecule has 1 aromatic heterocycles. The Morgan fingerprint density at radius 2 is 1.95 bits per heavy atom. The van der Waals surface area contributed by atoms with E-state index in [1.54, 1.807) is 0 Å². The zero-order valence-corrected chi connectivity index (χ0v) is 11.7. The molecule has 0 radical (unpaired) electrons. The monoisotopic (exact) mass is 255 g/mol. The van der Waals surface area contributed by atoms with Gasteiger partial charge in [-0.3, -0.25) is 4.98 Å². The largest absolute Gasteiger partial charge is 0.389 e. The van der Waals surface area contributed by atoms with Crippen molar-refractivity contribution < 1.29 is 5.11 Å². The van der Waals surface area contributed by atoms with E-state index in [-0.39, 0.29) is 5.41 Å². The van der Waals surface area contributed by atoms with Crippen LogP contribution in [0.25, 0.3) is 10.9 Å². The third kappa shape index (κ3) is 2.04. The number of hydrogen-bond donors (Lipinski definition) is 1. The van der Waals surface area contributed by atoms with Crippen LogP contribution in [0.3, 0.4) is 0 Å².